The third kappa shape index (κ3) is 1.95. The van der Waals surface area contributed by atoms with Crippen LogP contribution >= 0.6 is 0 Å². The van der Waals surface area contributed by atoms with E-state index < -0.39 is 5.60 Å². The number of hydrogen-bond donors (Lipinski definition) is 2. The molecule has 1 aliphatic rings. The Morgan fingerprint density at radius 2 is 2.19 bits per heavy atom. The summed E-state index contributed by atoms with van der Waals surface area (Å²) in [6.07, 6.45) is 1.85. The molecule has 0 bridgehead atoms. The van der Waals surface area contributed by atoms with Gasteiger partial charge in [0.1, 0.15) is 0 Å². The van der Waals surface area contributed by atoms with Crippen molar-refractivity contribution in [3.05, 3.63) is 23.3 Å². The molecule has 0 aromatic heterocycles. The molecule has 4 nitrogen and oxygen atoms in total. The minimum atomic E-state index is -0.698. The third-order valence-electron chi connectivity index (χ3n) is 2.85. The van der Waals surface area contributed by atoms with E-state index in [1.54, 1.807) is 6.07 Å². The minimum Gasteiger partial charge on any atom is -0.504 e. The van der Waals surface area contributed by atoms with Crippen LogP contribution in [0.15, 0.2) is 12.1 Å². The predicted molar refractivity (Wildman–Crippen MR) is 57.3 cm³/mol. The number of nitrogens with zero attached hydrogens (tertiary/aromatic N) is 1. The number of hydrogen-bond acceptors (Lipinski definition) is 4. The van der Waals surface area contributed by atoms with E-state index in [1.165, 1.54) is 13.2 Å². The van der Waals surface area contributed by atoms with E-state index in [-0.39, 0.29) is 11.5 Å². The second-order valence-corrected chi connectivity index (χ2v) is 4.20. The number of aliphatic hydroxyl groups is 1. The summed E-state index contributed by atoms with van der Waals surface area (Å²) in [6.45, 7) is 0. The summed E-state index contributed by atoms with van der Waals surface area (Å²) in [7, 11) is 1.44. The number of aromatic hydroxyl groups is 1. The van der Waals surface area contributed by atoms with Gasteiger partial charge in [-0.2, -0.15) is 5.26 Å². The molecule has 16 heavy (non-hydrogen) atoms. The molecule has 1 aliphatic carbocycles. The molecule has 1 fully saturated rings. The Morgan fingerprint density at radius 3 is 2.69 bits per heavy atom. The number of phenolic OH excluding ortho intramolecular Hbond substituents is 1. The first-order chi connectivity index (χ1) is 7.58. The first kappa shape index (κ1) is 10.8. The third-order valence-corrected chi connectivity index (χ3v) is 2.85. The van der Waals surface area contributed by atoms with Gasteiger partial charge >= 0.3 is 0 Å². The average Bonchev–Trinajstić information content (AvgIpc) is 2.99. The van der Waals surface area contributed by atoms with E-state index in [0.717, 1.165) is 12.8 Å². The van der Waals surface area contributed by atoms with Crippen molar-refractivity contribution < 1.29 is 14.9 Å². The first-order valence-corrected chi connectivity index (χ1v) is 5.10. The second-order valence-electron chi connectivity index (χ2n) is 4.20. The van der Waals surface area contributed by atoms with Gasteiger partial charge in [0, 0.05) is 18.1 Å². The molecule has 0 spiro atoms. The molecule has 0 radical (unpaired) electrons. The standard InChI is InChI=1S/C12H13NO3/c1-16-10-5-8(7-13)4-9(11(10)14)6-12(15)2-3-12/h4-5,14-15H,2-3,6H2,1H3. The summed E-state index contributed by atoms with van der Waals surface area (Å²) < 4.78 is 4.98. The van der Waals surface area contributed by atoms with Crippen LogP contribution in [0, 0.1) is 11.3 Å². The summed E-state index contributed by atoms with van der Waals surface area (Å²) >= 11 is 0. The number of ether oxygens (including phenoxy) is 1. The SMILES string of the molecule is COc1cc(C#N)cc(CC2(O)CC2)c1O. The van der Waals surface area contributed by atoms with Crippen LogP contribution < -0.4 is 4.74 Å². The van der Waals surface area contributed by atoms with Crippen molar-refractivity contribution >= 4 is 0 Å². The highest BCUT2D eigenvalue weighted by molar-refractivity contribution is 5.52. The van der Waals surface area contributed by atoms with Crippen molar-refractivity contribution in [2.24, 2.45) is 0 Å². The van der Waals surface area contributed by atoms with Crippen LogP contribution in [-0.4, -0.2) is 22.9 Å². The lowest BCUT2D eigenvalue weighted by atomic mass is 10.0. The maximum atomic E-state index is 9.85. The topological polar surface area (TPSA) is 73.5 Å². The van der Waals surface area contributed by atoms with Crippen molar-refractivity contribution in [3.8, 4) is 17.6 Å². The van der Waals surface area contributed by atoms with Gasteiger partial charge in [-0.15, -0.1) is 0 Å². The van der Waals surface area contributed by atoms with Crippen molar-refractivity contribution in [1.82, 2.24) is 0 Å². The Labute approximate surface area is 93.7 Å². The monoisotopic (exact) mass is 219 g/mol. The van der Waals surface area contributed by atoms with E-state index in [0.29, 0.717) is 17.5 Å². The molecule has 1 saturated carbocycles. The van der Waals surface area contributed by atoms with Crippen LogP contribution in [0.5, 0.6) is 11.5 Å². The maximum absolute atomic E-state index is 9.85. The highest BCUT2D eigenvalue weighted by Crippen LogP contribution is 2.42. The molecular weight excluding hydrogens is 206 g/mol. The minimum absolute atomic E-state index is 0.0156. The molecule has 4 heteroatoms. The molecule has 0 saturated heterocycles. The molecule has 0 unspecified atom stereocenters. The van der Waals surface area contributed by atoms with Gasteiger partial charge in [-0.1, -0.05) is 0 Å². The normalized spacial score (nSPS) is 16.6. The molecule has 0 heterocycles. The number of rotatable bonds is 3. The lowest BCUT2D eigenvalue weighted by Crippen LogP contribution is -2.11. The lowest BCUT2D eigenvalue weighted by molar-refractivity contribution is 0.150. The van der Waals surface area contributed by atoms with Crippen LogP contribution in [0.4, 0.5) is 0 Å². The summed E-state index contributed by atoms with van der Waals surface area (Å²) in [5.41, 5.74) is 0.293. The van der Waals surface area contributed by atoms with Crippen LogP contribution in [0.3, 0.4) is 0 Å². The molecule has 2 rings (SSSR count). The number of nitriles is 1. The van der Waals surface area contributed by atoms with E-state index in [1.807, 2.05) is 6.07 Å². The number of methoxy groups -OCH3 is 1. The van der Waals surface area contributed by atoms with Gasteiger partial charge in [-0.25, -0.2) is 0 Å². The predicted octanol–water partition coefficient (Wildman–Crippen LogP) is 1.34. The molecule has 1 aromatic carbocycles. The first-order valence-electron chi connectivity index (χ1n) is 5.10. The molecule has 0 amide bonds. The molecule has 0 atom stereocenters. The summed E-state index contributed by atoms with van der Waals surface area (Å²) in [4.78, 5) is 0. The molecule has 1 aromatic rings. The van der Waals surface area contributed by atoms with Crippen molar-refractivity contribution in [2.45, 2.75) is 24.9 Å². The molecule has 2 N–H and O–H groups in total. The maximum Gasteiger partial charge on any atom is 0.162 e. The van der Waals surface area contributed by atoms with E-state index in [9.17, 15) is 10.2 Å². The van der Waals surface area contributed by atoms with Crippen molar-refractivity contribution in [3.63, 3.8) is 0 Å². The Bertz CT molecular complexity index is 458. The average molecular weight is 219 g/mol. The lowest BCUT2D eigenvalue weighted by Gasteiger charge is -2.12. The van der Waals surface area contributed by atoms with E-state index >= 15 is 0 Å². The quantitative estimate of drug-likeness (QED) is 0.804. The largest absolute Gasteiger partial charge is 0.504 e. The number of phenols is 1. The Kier molecular flexibility index (Phi) is 2.49. The fourth-order valence-electron chi connectivity index (χ4n) is 1.70. The van der Waals surface area contributed by atoms with Gasteiger partial charge in [0.15, 0.2) is 11.5 Å². The van der Waals surface area contributed by atoms with Gasteiger partial charge in [0.25, 0.3) is 0 Å². The number of benzene rings is 1. The smallest absolute Gasteiger partial charge is 0.162 e. The van der Waals surface area contributed by atoms with Crippen LogP contribution in [-0.2, 0) is 6.42 Å². The van der Waals surface area contributed by atoms with Crippen molar-refractivity contribution in [2.75, 3.05) is 7.11 Å². The van der Waals surface area contributed by atoms with Gasteiger partial charge in [0.2, 0.25) is 0 Å². The highest BCUT2D eigenvalue weighted by atomic mass is 16.5. The van der Waals surface area contributed by atoms with Crippen LogP contribution in [0.25, 0.3) is 0 Å². The van der Waals surface area contributed by atoms with E-state index in [2.05, 4.69) is 0 Å². The Hall–Kier alpha value is -1.73. The second kappa shape index (κ2) is 3.69. The Morgan fingerprint density at radius 1 is 1.50 bits per heavy atom. The Balaban J connectivity index is 2.39. The van der Waals surface area contributed by atoms with Gasteiger partial charge in [0.05, 0.1) is 24.3 Å². The zero-order chi connectivity index (χ0) is 11.8. The molecular formula is C12H13NO3. The fourth-order valence-corrected chi connectivity index (χ4v) is 1.70. The van der Waals surface area contributed by atoms with E-state index in [4.69, 9.17) is 10.00 Å². The van der Waals surface area contributed by atoms with Crippen molar-refractivity contribution in [1.29, 1.82) is 5.26 Å². The zero-order valence-electron chi connectivity index (χ0n) is 9.03. The molecule has 84 valence electrons. The summed E-state index contributed by atoms with van der Waals surface area (Å²) in [5.74, 6) is 0.292. The fraction of sp³-hybridized carbons (Fsp3) is 0.417. The van der Waals surface area contributed by atoms with Gasteiger partial charge < -0.3 is 14.9 Å². The molecule has 0 aliphatic heterocycles. The summed E-state index contributed by atoms with van der Waals surface area (Å²) in [6, 6.07) is 5.08. The van der Waals surface area contributed by atoms with Crippen LogP contribution in [0.2, 0.25) is 0 Å². The van der Waals surface area contributed by atoms with Gasteiger partial charge in [-0.3, -0.25) is 0 Å². The summed E-state index contributed by atoms with van der Waals surface area (Å²) in [5, 5.41) is 28.5. The van der Waals surface area contributed by atoms with Gasteiger partial charge in [-0.05, 0) is 18.9 Å². The highest BCUT2D eigenvalue weighted by Gasteiger charge is 2.41. The zero-order valence-corrected chi connectivity index (χ0v) is 9.03. The van der Waals surface area contributed by atoms with Crippen LogP contribution in [0.1, 0.15) is 24.0 Å².